The standard InChI is InChI=1S/C19H22N4O3S/c1-20-18(24)13-8-12(22(4)5)10-16-17(13)23(19(25)26)14-7-6-11(21(2)3)9-15(14)27-16/h6-10H,1-5H3,(H,20,24)(H,25,26). The number of amides is 2. The van der Waals surface area contributed by atoms with Crippen molar-refractivity contribution in [2.75, 3.05) is 49.9 Å². The highest BCUT2D eigenvalue weighted by Gasteiger charge is 2.33. The van der Waals surface area contributed by atoms with Crippen molar-refractivity contribution in [3.63, 3.8) is 0 Å². The van der Waals surface area contributed by atoms with E-state index in [1.807, 2.05) is 56.2 Å². The molecule has 0 saturated carbocycles. The first kappa shape index (κ1) is 18.9. The Kier molecular flexibility index (Phi) is 4.93. The molecular weight excluding hydrogens is 364 g/mol. The fraction of sp³-hybridized carbons (Fsp3) is 0.263. The number of anilines is 4. The van der Waals surface area contributed by atoms with E-state index in [-0.39, 0.29) is 5.91 Å². The Balaban J connectivity index is 2.28. The lowest BCUT2D eigenvalue weighted by molar-refractivity contribution is 0.0963. The summed E-state index contributed by atoms with van der Waals surface area (Å²) < 4.78 is 0. The molecule has 0 saturated heterocycles. The van der Waals surface area contributed by atoms with Gasteiger partial charge < -0.3 is 20.2 Å². The van der Waals surface area contributed by atoms with Crippen LogP contribution in [0.4, 0.5) is 27.5 Å². The number of carboxylic acid groups (broad SMARTS) is 1. The molecule has 0 fully saturated rings. The number of rotatable bonds is 3. The maximum Gasteiger partial charge on any atom is 0.416 e. The van der Waals surface area contributed by atoms with Gasteiger partial charge in [-0.1, -0.05) is 11.8 Å². The number of hydrogen-bond acceptors (Lipinski definition) is 5. The van der Waals surface area contributed by atoms with Gasteiger partial charge in [0.2, 0.25) is 0 Å². The summed E-state index contributed by atoms with van der Waals surface area (Å²) in [4.78, 5) is 31.3. The second-order valence-electron chi connectivity index (χ2n) is 6.58. The SMILES string of the molecule is CNC(=O)c1cc(N(C)C)cc2c1N(C(=O)O)c1ccc(N(C)C)cc1S2. The normalized spacial score (nSPS) is 12.1. The quantitative estimate of drug-likeness (QED) is 0.841. The Labute approximate surface area is 162 Å². The van der Waals surface area contributed by atoms with E-state index in [0.29, 0.717) is 16.9 Å². The first-order valence-electron chi connectivity index (χ1n) is 8.34. The molecule has 0 aliphatic carbocycles. The van der Waals surface area contributed by atoms with E-state index in [1.165, 1.54) is 23.7 Å². The van der Waals surface area contributed by atoms with Crippen molar-refractivity contribution >= 4 is 46.5 Å². The fourth-order valence-corrected chi connectivity index (χ4v) is 4.11. The minimum Gasteiger partial charge on any atom is -0.464 e. The third-order valence-corrected chi connectivity index (χ3v) is 5.46. The zero-order valence-electron chi connectivity index (χ0n) is 15.9. The number of carbonyl (C=O) groups is 2. The first-order chi connectivity index (χ1) is 12.7. The molecule has 0 aromatic heterocycles. The van der Waals surface area contributed by atoms with Gasteiger partial charge in [0, 0.05) is 56.4 Å². The van der Waals surface area contributed by atoms with Crippen molar-refractivity contribution in [1.82, 2.24) is 5.32 Å². The van der Waals surface area contributed by atoms with Gasteiger partial charge in [0.15, 0.2) is 0 Å². The van der Waals surface area contributed by atoms with Crippen LogP contribution in [0.2, 0.25) is 0 Å². The molecule has 1 aliphatic rings. The summed E-state index contributed by atoms with van der Waals surface area (Å²) in [6, 6.07) is 9.23. The van der Waals surface area contributed by atoms with Crippen LogP contribution in [-0.4, -0.2) is 52.3 Å². The van der Waals surface area contributed by atoms with Crippen LogP contribution in [0.15, 0.2) is 40.1 Å². The highest BCUT2D eigenvalue weighted by atomic mass is 32.2. The second kappa shape index (κ2) is 7.03. The topological polar surface area (TPSA) is 76.1 Å². The summed E-state index contributed by atoms with van der Waals surface area (Å²) in [6.07, 6.45) is -1.13. The fourth-order valence-electron chi connectivity index (χ4n) is 2.95. The summed E-state index contributed by atoms with van der Waals surface area (Å²) >= 11 is 1.47. The van der Waals surface area contributed by atoms with Crippen LogP contribution in [-0.2, 0) is 0 Å². The van der Waals surface area contributed by atoms with Gasteiger partial charge in [-0.25, -0.2) is 9.69 Å². The van der Waals surface area contributed by atoms with Crippen molar-refractivity contribution in [3.05, 3.63) is 35.9 Å². The van der Waals surface area contributed by atoms with Crippen LogP contribution in [0.3, 0.4) is 0 Å². The zero-order valence-corrected chi connectivity index (χ0v) is 16.7. The Morgan fingerprint density at radius 1 is 1.00 bits per heavy atom. The number of nitrogens with one attached hydrogen (secondary N) is 1. The summed E-state index contributed by atoms with van der Waals surface area (Å²) in [6.45, 7) is 0. The molecule has 1 aliphatic heterocycles. The number of hydrogen-bond donors (Lipinski definition) is 2. The van der Waals surface area contributed by atoms with Gasteiger partial charge in [-0.2, -0.15) is 0 Å². The van der Waals surface area contributed by atoms with Crippen molar-refractivity contribution in [2.45, 2.75) is 9.79 Å². The number of carbonyl (C=O) groups excluding carboxylic acids is 1. The van der Waals surface area contributed by atoms with E-state index in [9.17, 15) is 14.7 Å². The molecule has 7 nitrogen and oxygen atoms in total. The molecule has 0 unspecified atom stereocenters. The van der Waals surface area contributed by atoms with Crippen LogP contribution in [0.1, 0.15) is 10.4 Å². The molecule has 142 valence electrons. The maximum absolute atomic E-state index is 12.5. The number of nitrogens with zero attached hydrogens (tertiary/aromatic N) is 3. The van der Waals surface area contributed by atoms with Crippen molar-refractivity contribution in [2.24, 2.45) is 0 Å². The third kappa shape index (κ3) is 3.28. The minimum absolute atomic E-state index is 0.324. The Hall–Kier alpha value is -2.87. The molecule has 2 aromatic rings. The van der Waals surface area contributed by atoms with Gasteiger partial charge in [-0.05, 0) is 30.3 Å². The number of benzene rings is 2. The Morgan fingerprint density at radius 2 is 1.63 bits per heavy atom. The molecule has 0 atom stereocenters. The predicted octanol–water partition coefficient (Wildman–Crippen LogP) is 3.46. The Morgan fingerprint density at radius 3 is 2.19 bits per heavy atom. The molecule has 2 amide bonds. The van der Waals surface area contributed by atoms with Gasteiger partial charge in [0.25, 0.3) is 5.91 Å². The second-order valence-corrected chi connectivity index (χ2v) is 7.66. The highest BCUT2D eigenvalue weighted by molar-refractivity contribution is 7.99. The van der Waals surface area contributed by atoms with Gasteiger partial charge in [0.1, 0.15) is 0 Å². The van der Waals surface area contributed by atoms with Gasteiger partial charge in [-0.3, -0.25) is 4.79 Å². The molecule has 2 aromatic carbocycles. The van der Waals surface area contributed by atoms with E-state index < -0.39 is 6.09 Å². The van der Waals surface area contributed by atoms with Crippen LogP contribution in [0.25, 0.3) is 0 Å². The predicted molar refractivity (Wildman–Crippen MR) is 109 cm³/mol. The van der Waals surface area contributed by atoms with Crippen molar-refractivity contribution in [1.29, 1.82) is 0 Å². The lowest BCUT2D eigenvalue weighted by atomic mass is 10.1. The van der Waals surface area contributed by atoms with Crippen LogP contribution >= 0.6 is 11.8 Å². The average molecular weight is 386 g/mol. The van der Waals surface area contributed by atoms with Crippen LogP contribution in [0, 0.1) is 0 Å². The van der Waals surface area contributed by atoms with Crippen LogP contribution < -0.4 is 20.0 Å². The largest absolute Gasteiger partial charge is 0.464 e. The lowest BCUT2D eigenvalue weighted by Gasteiger charge is -2.32. The van der Waals surface area contributed by atoms with Gasteiger partial charge in [-0.15, -0.1) is 0 Å². The molecule has 3 rings (SSSR count). The third-order valence-electron chi connectivity index (χ3n) is 4.38. The molecule has 0 bridgehead atoms. The molecule has 2 N–H and O–H groups in total. The molecule has 0 radical (unpaired) electrons. The first-order valence-corrected chi connectivity index (χ1v) is 9.16. The summed E-state index contributed by atoms with van der Waals surface area (Å²) in [5.41, 5.74) is 3.08. The zero-order chi connectivity index (χ0) is 19.9. The summed E-state index contributed by atoms with van der Waals surface area (Å²) in [7, 11) is 9.18. The van der Waals surface area contributed by atoms with E-state index in [1.54, 1.807) is 12.1 Å². The van der Waals surface area contributed by atoms with E-state index in [0.717, 1.165) is 21.2 Å². The van der Waals surface area contributed by atoms with E-state index >= 15 is 0 Å². The summed E-state index contributed by atoms with van der Waals surface area (Å²) in [5, 5.41) is 12.5. The molecule has 27 heavy (non-hydrogen) atoms. The van der Waals surface area contributed by atoms with Crippen molar-refractivity contribution in [3.8, 4) is 0 Å². The Bertz CT molecular complexity index is 927. The summed E-state index contributed by atoms with van der Waals surface area (Å²) in [5.74, 6) is -0.324. The maximum atomic E-state index is 12.5. The molecule has 1 heterocycles. The molecule has 0 spiro atoms. The smallest absolute Gasteiger partial charge is 0.416 e. The monoisotopic (exact) mass is 386 g/mol. The van der Waals surface area contributed by atoms with Crippen molar-refractivity contribution < 1.29 is 14.7 Å². The lowest BCUT2D eigenvalue weighted by Crippen LogP contribution is -2.31. The number of fused-ring (bicyclic) bond motifs is 2. The minimum atomic E-state index is -1.13. The average Bonchev–Trinajstić information content (AvgIpc) is 2.63. The van der Waals surface area contributed by atoms with Gasteiger partial charge >= 0.3 is 6.09 Å². The van der Waals surface area contributed by atoms with E-state index in [4.69, 9.17) is 0 Å². The van der Waals surface area contributed by atoms with E-state index in [2.05, 4.69) is 5.32 Å². The highest BCUT2D eigenvalue weighted by Crippen LogP contribution is 2.51. The molecule has 8 heteroatoms. The molecular formula is C19H22N4O3S. The van der Waals surface area contributed by atoms with Crippen LogP contribution in [0.5, 0.6) is 0 Å². The van der Waals surface area contributed by atoms with Gasteiger partial charge in [0.05, 0.1) is 16.9 Å².